The molecule has 18 heteroatoms. The number of carbonyl (C=O) groups excluding carboxylic acids is 5. The number of aliphatic hydroxyl groups is 1. The van der Waals surface area contributed by atoms with Crippen molar-refractivity contribution >= 4 is 35.5 Å². The highest BCUT2D eigenvalue weighted by Crippen LogP contribution is 2.41. The maximum Gasteiger partial charge on any atom is 0.320 e. The van der Waals surface area contributed by atoms with Crippen LogP contribution in [0, 0.1) is 17.0 Å². The predicted molar refractivity (Wildman–Crippen MR) is 224 cm³/mol. The number of unbranched alkanes of at least 4 members (excludes halogenated alkanes) is 1. The van der Waals surface area contributed by atoms with Gasteiger partial charge >= 0.3 is 5.97 Å². The highest BCUT2D eigenvalue weighted by atomic mass is 19.1. The molecule has 10 N–H and O–H groups in total. The Labute approximate surface area is 354 Å². The normalized spacial score (nSPS) is 13.3. The summed E-state index contributed by atoms with van der Waals surface area (Å²) in [6, 6.07) is 10.5. The zero-order valence-corrected chi connectivity index (χ0v) is 35.2. The number of hydrogen-bond donors (Lipinski definition) is 8. The second-order valence-corrected chi connectivity index (χ2v) is 16.0. The van der Waals surface area contributed by atoms with Gasteiger partial charge in [0.25, 0.3) is 0 Å². The van der Waals surface area contributed by atoms with Crippen LogP contribution in [0.15, 0.2) is 60.8 Å². The van der Waals surface area contributed by atoms with Crippen molar-refractivity contribution in [1.82, 2.24) is 30.7 Å². The van der Waals surface area contributed by atoms with E-state index in [1.165, 1.54) is 11.8 Å². The molecule has 0 bridgehead atoms. The molecule has 3 rings (SSSR count). The van der Waals surface area contributed by atoms with E-state index in [0.29, 0.717) is 30.6 Å². The maximum absolute atomic E-state index is 15.1. The number of amides is 5. The summed E-state index contributed by atoms with van der Waals surface area (Å²) in [6.45, 7) is 6.73. The third kappa shape index (κ3) is 16.0. The highest BCUT2D eigenvalue weighted by Gasteiger charge is 2.37. The average Bonchev–Trinajstić information content (AvgIpc) is 3.61. The number of aromatic nitrogens is 1. The van der Waals surface area contributed by atoms with Crippen molar-refractivity contribution in [3.05, 3.63) is 83.7 Å². The fourth-order valence-electron chi connectivity index (χ4n) is 6.85. The molecule has 0 aliphatic rings. The van der Waals surface area contributed by atoms with E-state index in [0.717, 1.165) is 23.8 Å². The molecule has 334 valence electrons. The van der Waals surface area contributed by atoms with Crippen molar-refractivity contribution < 1.29 is 47.8 Å². The van der Waals surface area contributed by atoms with Crippen LogP contribution in [-0.4, -0.2) is 106 Å². The van der Waals surface area contributed by atoms with Gasteiger partial charge in [-0.15, -0.1) is 0 Å². The zero-order valence-electron chi connectivity index (χ0n) is 35.2. The Morgan fingerprint density at radius 1 is 0.836 bits per heavy atom. The minimum absolute atomic E-state index is 0.00104. The molecule has 61 heavy (non-hydrogen) atoms. The van der Waals surface area contributed by atoms with E-state index in [1.54, 1.807) is 12.3 Å². The van der Waals surface area contributed by atoms with E-state index in [1.807, 2.05) is 55.7 Å². The number of nitrogens with zero attached hydrogens (tertiary/aromatic N) is 2. The Bertz CT molecular complexity index is 1960. The number of carboxylic acid groups (broad SMARTS) is 1. The molecule has 3 aromatic rings. The zero-order chi connectivity index (χ0) is 45.3. The molecule has 4 atom stereocenters. The van der Waals surface area contributed by atoms with E-state index in [2.05, 4.69) is 21.3 Å². The van der Waals surface area contributed by atoms with Crippen molar-refractivity contribution in [1.29, 1.82) is 0 Å². The van der Waals surface area contributed by atoms with Gasteiger partial charge in [0.1, 0.15) is 30.3 Å². The third-order valence-corrected chi connectivity index (χ3v) is 9.91. The van der Waals surface area contributed by atoms with Crippen molar-refractivity contribution in [3.8, 4) is 11.1 Å². The molecule has 3 unspecified atom stereocenters. The number of carboxylic acids is 1. The van der Waals surface area contributed by atoms with Crippen LogP contribution in [0.3, 0.4) is 0 Å². The van der Waals surface area contributed by atoms with Crippen LogP contribution in [-0.2, 0) is 35.3 Å². The van der Waals surface area contributed by atoms with Gasteiger partial charge < -0.3 is 52.4 Å². The first kappa shape index (κ1) is 49.6. The van der Waals surface area contributed by atoms with Crippen molar-refractivity contribution in [3.63, 3.8) is 0 Å². The summed E-state index contributed by atoms with van der Waals surface area (Å²) in [7, 11) is 0. The smallest absolute Gasteiger partial charge is 0.320 e. The number of benzene rings is 2. The van der Waals surface area contributed by atoms with Gasteiger partial charge in [-0.25, -0.2) is 8.78 Å². The summed E-state index contributed by atoms with van der Waals surface area (Å²) in [4.78, 5) is 75.5. The van der Waals surface area contributed by atoms with Crippen LogP contribution in [0.5, 0.6) is 0 Å². The van der Waals surface area contributed by atoms with Gasteiger partial charge in [0.05, 0.1) is 12.1 Å². The summed E-state index contributed by atoms with van der Waals surface area (Å²) in [5.74, 6) is -4.86. The van der Waals surface area contributed by atoms with Crippen molar-refractivity contribution in [2.75, 3.05) is 32.8 Å². The van der Waals surface area contributed by atoms with Crippen LogP contribution in [0.4, 0.5) is 8.78 Å². The second-order valence-electron chi connectivity index (χ2n) is 16.0. The number of aliphatic carboxylic acids is 1. The topological polar surface area (TPSA) is 251 Å². The molecule has 1 heterocycles. The quantitative estimate of drug-likeness (QED) is 0.0611. The van der Waals surface area contributed by atoms with Crippen molar-refractivity contribution in [2.24, 2.45) is 16.9 Å². The summed E-state index contributed by atoms with van der Waals surface area (Å²) < 4.78 is 31.3. The van der Waals surface area contributed by atoms with E-state index < -0.39 is 77.4 Å². The SMILES string of the molecule is CC(=O)NC(CCCCNC(=O)CCC(N)C(=O)O)C(=O)NCCNC(=O)C(N)CCN(C(=O)CO)[C@@H](c1cc(-c2cc(F)ccc2F)cn1Cc1ccccc1)C(C)(C)C. The fraction of sp³-hybridized carbons (Fsp3) is 0.488. The first-order valence-corrected chi connectivity index (χ1v) is 20.2. The fourth-order valence-corrected chi connectivity index (χ4v) is 6.85. The molecule has 5 amide bonds. The highest BCUT2D eigenvalue weighted by molar-refractivity contribution is 5.87. The molecule has 0 saturated heterocycles. The lowest BCUT2D eigenvalue weighted by molar-refractivity contribution is -0.140. The number of rotatable bonds is 24. The molecular weight excluding hydrogens is 795 g/mol. The minimum Gasteiger partial charge on any atom is -0.480 e. The number of aliphatic hydroxyl groups excluding tert-OH is 1. The monoisotopic (exact) mass is 854 g/mol. The second kappa shape index (κ2) is 23.9. The Balaban J connectivity index is 1.63. The molecule has 2 aromatic carbocycles. The lowest BCUT2D eigenvalue weighted by Crippen LogP contribution is -2.49. The summed E-state index contributed by atoms with van der Waals surface area (Å²) in [5.41, 5.74) is 13.0. The average molecular weight is 855 g/mol. The molecule has 0 fully saturated rings. The number of nitrogens with one attached hydrogen (secondary N) is 4. The number of hydrogen-bond acceptors (Lipinski definition) is 9. The Hall–Kier alpha value is -5.72. The first-order valence-electron chi connectivity index (χ1n) is 20.2. The number of carbonyl (C=O) groups is 6. The number of halogens is 2. The molecule has 1 aromatic heterocycles. The van der Waals surface area contributed by atoms with Crippen molar-refractivity contribution in [2.45, 2.75) is 96.9 Å². The van der Waals surface area contributed by atoms with Crippen LogP contribution < -0.4 is 32.7 Å². The third-order valence-electron chi connectivity index (χ3n) is 9.91. The van der Waals surface area contributed by atoms with Gasteiger partial charge in [-0.2, -0.15) is 0 Å². The van der Waals surface area contributed by atoms with Crippen LogP contribution in [0.1, 0.15) is 83.5 Å². The standard InChI is InChI=1S/C43H60F2N8O8/c1-27(55)51-35(12-8-9-18-48-37(56)16-15-34(47)42(60)61)41(59)50-20-19-49-40(58)33(46)17-21-53(38(57)26-54)39(43(2,3)4)36-22-29(31-23-30(44)13-14-32(31)45)25-52(36)24-28-10-6-5-7-11-28/h5-7,10-11,13-14,22-23,25,33-35,39,54H,8-9,12,15-21,24,26,46-47H2,1-4H3,(H,48,56)(H,49,58)(H,50,59)(H,51,55)(H,60,61)/t33?,34?,35?,39-/m0/s1. The minimum atomic E-state index is -1.19. The predicted octanol–water partition coefficient (Wildman–Crippen LogP) is 2.32. The lowest BCUT2D eigenvalue weighted by atomic mass is 9.82. The van der Waals surface area contributed by atoms with Crippen LogP contribution in [0.2, 0.25) is 0 Å². The molecule has 16 nitrogen and oxygen atoms in total. The largest absolute Gasteiger partial charge is 0.480 e. The van der Waals surface area contributed by atoms with E-state index in [-0.39, 0.29) is 63.3 Å². The van der Waals surface area contributed by atoms with Gasteiger partial charge in [0, 0.05) is 69.1 Å². The molecule has 0 saturated carbocycles. The van der Waals surface area contributed by atoms with Gasteiger partial charge in [0.15, 0.2) is 0 Å². The van der Waals surface area contributed by atoms with Crippen LogP contribution in [0.25, 0.3) is 11.1 Å². The summed E-state index contributed by atoms with van der Waals surface area (Å²) in [5, 5.41) is 29.6. The molecule has 0 aliphatic carbocycles. The number of nitrogens with two attached hydrogens (primary N) is 2. The van der Waals surface area contributed by atoms with E-state index >= 15 is 4.39 Å². The molecule has 0 radical (unpaired) electrons. The molecule has 0 aliphatic heterocycles. The first-order chi connectivity index (χ1) is 28.8. The maximum atomic E-state index is 15.1. The summed E-state index contributed by atoms with van der Waals surface area (Å²) in [6.07, 6.45) is 2.87. The Morgan fingerprint density at radius 3 is 2.13 bits per heavy atom. The molecular formula is C43H60F2N8O8. The van der Waals surface area contributed by atoms with Gasteiger partial charge in [0.2, 0.25) is 29.5 Å². The Morgan fingerprint density at radius 2 is 1.51 bits per heavy atom. The summed E-state index contributed by atoms with van der Waals surface area (Å²) >= 11 is 0. The Kier molecular flexibility index (Phi) is 19.5. The lowest BCUT2D eigenvalue weighted by Gasteiger charge is -2.41. The van der Waals surface area contributed by atoms with E-state index in [4.69, 9.17) is 16.6 Å². The van der Waals surface area contributed by atoms with Gasteiger partial charge in [-0.05, 0) is 67.3 Å². The van der Waals surface area contributed by atoms with E-state index in [9.17, 15) is 38.3 Å². The van der Waals surface area contributed by atoms with Gasteiger partial charge in [-0.3, -0.25) is 28.8 Å². The van der Waals surface area contributed by atoms with Gasteiger partial charge in [-0.1, -0.05) is 51.1 Å². The van der Waals surface area contributed by atoms with Crippen LogP contribution >= 0.6 is 0 Å². The molecule has 0 spiro atoms.